The van der Waals surface area contributed by atoms with Crippen LogP contribution in [0.4, 0.5) is 11.4 Å². The second-order valence-electron chi connectivity index (χ2n) is 11.0. The molecule has 6 rings (SSSR count). The van der Waals surface area contributed by atoms with E-state index in [1.807, 2.05) is 6.07 Å². The number of aliphatic hydroxyl groups is 1. The summed E-state index contributed by atoms with van der Waals surface area (Å²) >= 11 is 0. The first-order valence-corrected chi connectivity index (χ1v) is 15.4. The summed E-state index contributed by atoms with van der Waals surface area (Å²) in [5.74, 6) is 1.39. The van der Waals surface area contributed by atoms with Crippen molar-refractivity contribution in [1.29, 1.82) is 0 Å². The highest BCUT2D eigenvalue weighted by molar-refractivity contribution is 7.92. The lowest BCUT2D eigenvalue weighted by molar-refractivity contribution is 0.0494. The second-order valence-corrected chi connectivity index (χ2v) is 12.9. The number of ether oxygens (including phenoxy) is 2. The Hall–Kier alpha value is -2.29. The van der Waals surface area contributed by atoms with E-state index in [4.69, 9.17) is 9.47 Å². The van der Waals surface area contributed by atoms with Crippen molar-refractivity contribution >= 4 is 21.4 Å². The molecule has 7 nitrogen and oxygen atoms in total. The quantitative estimate of drug-likeness (QED) is 0.546. The number of nitrogens with zero attached hydrogens (tertiary/aromatic N) is 2. The molecule has 2 saturated heterocycles. The van der Waals surface area contributed by atoms with Crippen LogP contribution in [0, 0.1) is 11.8 Å². The summed E-state index contributed by atoms with van der Waals surface area (Å²) < 4.78 is 41.6. The van der Waals surface area contributed by atoms with Crippen LogP contribution in [0.15, 0.2) is 41.3 Å². The maximum atomic E-state index is 14.2. The molecule has 0 aromatic heterocycles. The summed E-state index contributed by atoms with van der Waals surface area (Å²) in [4.78, 5) is 2.62. The van der Waals surface area contributed by atoms with Gasteiger partial charge in [-0.15, -0.1) is 0 Å². The molecule has 0 amide bonds. The maximum absolute atomic E-state index is 14.2. The van der Waals surface area contributed by atoms with Gasteiger partial charge in [0.05, 0.1) is 23.8 Å². The van der Waals surface area contributed by atoms with Gasteiger partial charge in [0.25, 0.3) is 10.0 Å². The molecule has 1 unspecified atom stereocenters. The largest absolute Gasteiger partial charge is 0.493 e. The van der Waals surface area contributed by atoms with Crippen LogP contribution in [0.2, 0.25) is 0 Å². The molecule has 1 saturated carbocycles. The standard InChI is InChI=1S/C29H38N2O5S/c32-19-24-18-26(7-10-29(24)36-20-21-11-15-35-16-12-21)37(33,34)31-27(22-3-4-22)8-5-23-17-25(6-9-28(23)31)30-13-1-2-14-30/h6-7,9-10,17-18,21-22,27,32H,1-5,8,11-16,19-20H2. The van der Waals surface area contributed by atoms with Crippen LogP contribution in [0.5, 0.6) is 5.75 Å². The van der Waals surface area contributed by atoms with Gasteiger partial charge in [0, 0.05) is 43.6 Å². The Labute approximate surface area is 220 Å². The number of aryl methyl sites for hydroxylation is 1. The Bertz CT molecular complexity index is 1220. The van der Waals surface area contributed by atoms with Crippen LogP contribution in [-0.4, -0.2) is 52.5 Å². The Morgan fingerprint density at radius 1 is 0.973 bits per heavy atom. The first-order valence-electron chi connectivity index (χ1n) is 13.9. The zero-order valence-corrected chi connectivity index (χ0v) is 22.3. The van der Waals surface area contributed by atoms with Gasteiger partial charge in [-0.2, -0.15) is 0 Å². The molecule has 37 heavy (non-hydrogen) atoms. The zero-order chi connectivity index (χ0) is 25.4. The molecule has 3 aliphatic heterocycles. The third kappa shape index (κ3) is 5.08. The molecule has 8 heteroatoms. The lowest BCUT2D eigenvalue weighted by Gasteiger charge is -2.38. The van der Waals surface area contributed by atoms with Crippen molar-refractivity contribution in [3.63, 3.8) is 0 Å². The van der Waals surface area contributed by atoms with Crippen molar-refractivity contribution in [2.75, 3.05) is 42.1 Å². The summed E-state index contributed by atoms with van der Waals surface area (Å²) in [7, 11) is -3.81. The third-order valence-corrected chi connectivity index (χ3v) is 10.4. The van der Waals surface area contributed by atoms with E-state index < -0.39 is 10.0 Å². The van der Waals surface area contributed by atoms with Crippen molar-refractivity contribution in [3.8, 4) is 5.75 Å². The number of fused-ring (bicyclic) bond motifs is 1. The van der Waals surface area contributed by atoms with Crippen molar-refractivity contribution in [2.24, 2.45) is 11.8 Å². The smallest absolute Gasteiger partial charge is 0.264 e. The second kappa shape index (κ2) is 10.5. The predicted molar refractivity (Wildman–Crippen MR) is 144 cm³/mol. The summed E-state index contributed by atoms with van der Waals surface area (Å²) in [6.45, 7) is 3.91. The van der Waals surface area contributed by atoms with Crippen LogP contribution in [-0.2, 0) is 27.8 Å². The molecule has 3 fully saturated rings. The fourth-order valence-electron chi connectivity index (χ4n) is 6.19. The summed E-state index contributed by atoms with van der Waals surface area (Å²) in [6.07, 6.45) is 8.25. The third-order valence-electron chi connectivity index (χ3n) is 8.52. The van der Waals surface area contributed by atoms with Gasteiger partial charge in [0.15, 0.2) is 0 Å². The number of sulfonamides is 1. The number of anilines is 2. The fourth-order valence-corrected chi connectivity index (χ4v) is 8.02. The molecule has 4 aliphatic rings. The highest BCUT2D eigenvalue weighted by atomic mass is 32.2. The van der Waals surface area contributed by atoms with Crippen molar-refractivity contribution < 1.29 is 23.0 Å². The molecule has 0 radical (unpaired) electrons. The molecule has 3 heterocycles. The normalized spacial score (nSPS) is 22.8. The van der Waals surface area contributed by atoms with Gasteiger partial charge in [0.2, 0.25) is 0 Å². The molecular weight excluding hydrogens is 488 g/mol. The summed E-state index contributed by atoms with van der Waals surface area (Å²) in [5.41, 5.74) is 3.64. The molecular formula is C29H38N2O5S. The number of benzene rings is 2. The highest BCUT2D eigenvalue weighted by Gasteiger charge is 2.44. The predicted octanol–water partition coefficient (Wildman–Crippen LogP) is 4.50. The average Bonchev–Trinajstić information content (AvgIpc) is 3.64. The maximum Gasteiger partial charge on any atom is 0.264 e. The summed E-state index contributed by atoms with van der Waals surface area (Å²) in [6, 6.07) is 11.3. The number of aliphatic hydroxyl groups excluding tert-OH is 1. The minimum absolute atomic E-state index is 0.0165. The van der Waals surface area contributed by atoms with Crippen molar-refractivity contribution in [2.45, 2.75) is 68.9 Å². The van der Waals surface area contributed by atoms with E-state index in [1.165, 1.54) is 18.5 Å². The minimum Gasteiger partial charge on any atom is -0.493 e. The van der Waals surface area contributed by atoms with E-state index in [0.29, 0.717) is 29.8 Å². The van der Waals surface area contributed by atoms with Crippen molar-refractivity contribution in [3.05, 3.63) is 47.5 Å². The molecule has 1 N–H and O–H groups in total. The van der Waals surface area contributed by atoms with Gasteiger partial charge in [-0.25, -0.2) is 8.42 Å². The van der Waals surface area contributed by atoms with E-state index in [9.17, 15) is 13.5 Å². The topological polar surface area (TPSA) is 79.3 Å². The van der Waals surface area contributed by atoms with Crippen LogP contribution in [0.25, 0.3) is 0 Å². The van der Waals surface area contributed by atoms with Crippen LogP contribution in [0.3, 0.4) is 0 Å². The zero-order valence-electron chi connectivity index (χ0n) is 21.5. The first kappa shape index (κ1) is 25.0. The van der Waals surface area contributed by atoms with Crippen LogP contribution >= 0.6 is 0 Å². The molecule has 2 aromatic carbocycles. The number of rotatable bonds is 8. The van der Waals surface area contributed by atoms with Crippen molar-refractivity contribution in [1.82, 2.24) is 0 Å². The molecule has 1 aliphatic carbocycles. The number of hydrogen-bond acceptors (Lipinski definition) is 6. The summed E-state index contributed by atoms with van der Waals surface area (Å²) in [5, 5.41) is 10.1. The monoisotopic (exact) mass is 526 g/mol. The van der Waals surface area contributed by atoms with E-state index in [2.05, 4.69) is 17.0 Å². The van der Waals surface area contributed by atoms with E-state index >= 15 is 0 Å². The lowest BCUT2D eigenvalue weighted by Crippen LogP contribution is -2.45. The van der Waals surface area contributed by atoms with Gasteiger partial charge < -0.3 is 19.5 Å². The molecule has 2 aromatic rings. The fraction of sp³-hybridized carbons (Fsp3) is 0.586. The Balaban J connectivity index is 1.29. The van der Waals surface area contributed by atoms with Gasteiger partial charge in [0.1, 0.15) is 5.75 Å². The molecule has 200 valence electrons. The van der Waals surface area contributed by atoms with E-state index in [1.54, 1.807) is 22.5 Å². The van der Waals surface area contributed by atoms with E-state index in [-0.39, 0.29) is 17.5 Å². The van der Waals surface area contributed by atoms with Crippen LogP contribution < -0.4 is 13.9 Å². The minimum atomic E-state index is -3.81. The van der Waals surface area contributed by atoms with Gasteiger partial charge in [-0.3, -0.25) is 4.31 Å². The highest BCUT2D eigenvalue weighted by Crippen LogP contribution is 2.46. The van der Waals surface area contributed by atoms with E-state index in [0.717, 1.165) is 76.1 Å². The Morgan fingerprint density at radius 3 is 2.49 bits per heavy atom. The van der Waals surface area contributed by atoms with Gasteiger partial charge >= 0.3 is 0 Å². The molecule has 0 spiro atoms. The Morgan fingerprint density at radius 2 is 1.76 bits per heavy atom. The average molecular weight is 527 g/mol. The van der Waals surface area contributed by atoms with Crippen LogP contribution in [0.1, 0.15) is 56.1 Å². The molecule has 1 atom stereocenters. The lowest BCUT2D eigenvalue weighted by atomic mass is 9.95. The number of hydrogen-bond donors (Lipinski definition) is 1. The molecule has 0 bridgehead atoms. The first-order chi connectivity index (χ1) is 18.0. The van der Waals surface area contributed by atoms with Gasteiger partial charge in [-0.1, -0.05) is 0 Å². The van der Waals surface area contributed by atoms with Gasteiger partial charge in [-0.05, 0) is 105 Å². The Kier molecular flexibility index (Phi) is 7.07. The SMILES string of the molecule is O=S(=O)(c1ccc(OCC2CCOCC2)c(CO)c1)N1c2ccc(N3CCCC3)cc2CCC1C1CC1.